The van der Waals surface area contributed by atoms with E-state index >= 15 is 0 Å². The van der Waals surface area contributed by atoms with E-state index in [4.69, 9.17) is 4.74 Å². The average Bonchev–Trinajstić information content (AvgIpc) is 2.48. The lowest BCUT2D eigenvalue weighted by atomic mass is 10.1. The van der Waals surface area contributed by atoms with Crippen LogP contribution < -0.4 is 10.1 Å². The molecule has 1 amide bonds. The van der Waals surface area contributed by atoms with E-state index in [1.54, 1.807) is 0 Å². The fraction of sp³-hybridized carbons (Fsp3) is 0.316. The number of hydrogen-bond acceptors (Lipinski definition) is 2. The minimum absolute atomic E-state index is 0.0139. The topological polar surface area (TPSA) is 38.3 Å². The second-order valence-electron chi connectivity index (χ2n) is 5.69. The van der Waals surface area contributed by atoms with Crippen LogP contribution in [-0.4, -0.2) is 12.5 Å². The molecule has 0 radical (unpaired) electrons. The van der Waals surface area contributed by atoms with Gasteiger partial charge in [0.2, 0.25) is 0 Å². The van der Waals surface area contributed by atoms with E-state index in [2.05, 4.69) is 28.2 Å². The Kier molecular flexibility index (Phi) is 5.83. The summed E-state index contributed by atoms with van der Waals surface area (Å²) < 4.78 is 6.58. The van der Waals surface area contributed by atoms with Crippen LogP contribution in [0.4, 0.5) is 5.69 Å². The number of para-hydroxylation sites is 1. The molecule has 4 heteroatoms. The maximum Gasteiger partial charge on any atom is 0.262 e. The molecule has 0 saturated heterocycles. The van der Waals surface area contributed by atoms with Crippen molar-refractivity contribution < 1.29 is 9.53 Å². The van der Waals surface area contributed by atoms with Gasteiger partial charge in [-0.2, -0.15) is 0 Å². The third-order valence-corrected chi connectivity index (χ3v) is 4.31. The van der Waals surface area contributed by atoms with Crippen LogP contribution in [-0.2, 0) is 11.2 Å². The summed E-state index contributed by atoms with van der Waals surface area (Å²) in [6.45, 7) is 8.06. The molecule has 1 N–H and O–H groups in total. The number of carbonyl (C=O) groups is 1. The van der Waals surface area contributed by atoms with Crippen LogP contribution in [0.2, 0.25) is 0 Å². The Morgan fingerprint density at radius 1 is 1.17 bits per heavy atom. The number of nitrogens with one attached hydrogen (secondary N) is 1. The lowest BCUT2D eigenvalue weighted by molar-refractivity contribution is -0.118. The average molecular weight is 376 g/mol. The molecule has 122 valence electrons. The van der Waals surface area contributed by atoms with Crippen LogP contribution >= 0.6 is 15.9 Å². The lowest BCUT2D eigenvalue weighted by Crippen LogP contribution is -2.21. The number of ether oxygens (including phenoxy) is 1. The molecule has 0 heterocycles. The van der Waals surface area contributed by atoms with Crippen molar-refractivity contribution in [3.05, 3.63) is 57.1 Å². The first kappa shape index (κ1) is 17.5. The van der Waals surface area contributed by atoms with E-state index < -0.39 is 0 Å². The van der Waals surface area contributed by atoms with Gasteiger partial charge in [0.05, 0.1) is 4.47 Å². The predicted molar refractivity (Wildman–Crippen MR) is 98.3 cm³/mol. The van der Waals surface area contributed by atoms with Crippen molar-refractivity contribution in [3.63, 3.8) is 0 Å². The molecule has 0 spiro atoms. The zero-order chi connectivity index (χ0) is 17.0. The van der Waals surface area contributed by atoms with Crippen LogP contribution in [0.25, 0.3) is 0 Å². The molecule has 2 rings (SSSR count). The van der Waals surface area contributed by atoms with Gasteiger partial charge in [-0.1, -0.05) is 31.2 Å². The third kappa shape index (κ3) is 4.35. The van der Waals surface area contributed by atoms with E-state index in [9.17, 15) is 4.79 Å². The van der Waals surface area contributed by atoms with Gasteiger partial charge < -0.3 is 10.1 Å². The van der Waals surface area contributed by atoms with E-state index in [1.165, 1.54) is 0 Å². The van der Waals surface area contributed by atoms with Crippen molar-refractivity contribution in [2.24, 2.45) is 0 Å². The Labute approximate surface area is 146 Å². The molecule has 0 saturated carbocycles. The van der Waals surface area contributed by atoms with E-state index in [0.29, 0.717) is 5.75 Å². The fourth-order valence-electron chi connectivity index (χ4n) is 2.60. The minimum Gasteiger partial charge on any atom is -0.482 e. The highest BCUT2D eigenvalue weighted by atomic mass is 79.9. The van der Waals surface area contributed by atoms with Gasteiger partial charge in [-0.05, 0) is 71.4 Å². The summed E-state index contributed by atoms with van der Waals surface area (Å²) in [7, 11) is 0. The summed E-state index contributed by atoms with van der Waals surface area (Å²) in [6.07, 6.45) is 0.876. The van der Waals surface area contributed by atoms with Gasteiger partial charge in [0.15, 0.2) is 6.61 Å². The number of anilines is 1. The maximum atomic E-state index is 12.2. The zero-order valence-electron chi connectivity index (χ0n) is 14.0. The lowest BCUT2D eigenvalue weighted by Gasteiger charge is -2.15. The van der Waals surface area contributed by atoms with Gasteiger partial charge in [-0.3, -0.25) is 4.79 Å². The third-order valence-electron chi connectivity index (χ3n) is 3.73. The molecule has 0 aromatic heterocycles. The van der Waals surface area contributed by atoms with Crippen LogP contribution in [0.15, 0.2) is 34.8 Å². The molecule has 0 bridgehead atoms. The van der Waals surface area contributed by atoms with Gasteiger partial charge in [0.1, 0.15) is 5.75 Å². The van der Waals surface area contributed by atoms with Gasteiger partial charge in [-0.25, -0.2) is 0 Å². The molecule has 0 unspecified atom stereocenters. The molecule has 0 aliphatic carbocycles. The second-order valence-corrected chi connectivity index (χ2v) is 6.55. The molecule has 0 aliphatic rings. The first-order valence-electron chi connectivity index (χ1n) is 7.70. The van der Waals surface area contributed by atoms with Crippen LogP contribution in [0.5, 0.6) is 5.75 Å². The van der Waals surface area contributed by atoms with Gasteiger partial charge in [-0.15, -0.1) is 0 Å². The molecule has 0 atom stereocenters. The second kappa shape index (κ2) is 7.64. The normalized spacial score (nSPS) is 10.5. The summed E-state index contributed by atoms with van der Waals surface area (Å²) in [5, 5.41) is 2.97. The molecular formula is C19H22BrNO2. The molecular weight excluding hydrogens is 354 g/mol. The Hall–Kier alpha value is -1.81. The van der Waals surface area contributed by atoms with Crippen molar-refractivity contribution >= 4 is 27.5 Å². The summed E-state index contributed by atoms with van der Waals surface area (Å²) in [5.74, 6) is 0.562. The standard InChI is InChI=1S/C19H22BrNO2/c1-5-15-8-6-7-13(3)18(15)21-17(22)11-23-19-14(4)9-12(2)10-16(19)20/h6-10H,5,11H2,1-4H3,(H,21,22). The molecule has 0 aliphatic heterocycles. The van der Waals surface area contributed by atoms with Crippen molar-refractivity contribution in [3.8, 4) is 5.75 Å². The highest BCUT2D eigenvalue weighted by Crippen LogP contribution is 2.30. The first-order valence-corrected chi connectivity index (χ1v) is 8.49. The van der Waals surface area contributed by atoms with Crippen LogP contribution in [0, 0.1) is 20.8 Å². The number of aryl methyl sites for hydroxylation is 4. The first-order chi connectivity index (χ1) is 10.9. The smallest absolute Gasteiger partial charge is 0.262 e. The molecule has 2 aromatic carbocycles. The Bertz CT molecular complexity index is 702. The predicted octanol–water partition coefficient (Wildman–Crippen LogP) is 4.95. The zero-order valence-corrected chi connectivity index (χ0v) is 15.6. The van der Waals surface area contributed by atoms with Crippen LogP contribution in [0.3, 0.4) is 0 Å². The van der Waals surface area contributed by atoms with E-state index in [1.807, 2.05) is 51.1 Å². The number of hydrogen-bond donors (Lipinski definition) is 1. The number of amides is 1. The summed E-state index contributed by atoms with van der Waals surface area (Å²) in [6, 6.07) is 10.1. The number of carbonyl (C=O) groups excluding carboxylic acids is 1. The molecule has 2 aromatic rings. The van der Waals surface area contributed by atoms with Gasteiger partial charge in [0, 0.05) is 5.69 Å². The van der Waals surface area contributed by atoms with E-state index in [-0.39, 0.29) is 12.5 Å². The summed E-state index contributed by atoms with van der Waals surface area (Å²) in [5.41, 5.74) is 5.24. The number of halogens is 1. The van der Waals surface area contributed by atoms with Crippen LogP contribution in [0.1, 0.15) is 29.2 Å². The van der Waals surface area contributed by atoms with Crippen molar-refractivity contribution in [2.45, 2.75) is 34.1 Å². The SMILES string of the molecule is CCc1cccc(C)c1NC(=O)COc1c(C)cc(C)cc1Br. The molecule has 0 fully saturated rings. The number of benzene rings is 2. The Morgan fingerprint density at radius 2 is 1.91 bits per heavy atom. The van der Waals surface area contributed by atoms with Gasteiger partial charge in [0.25, 0.3) is 5.91 Å². The maximum absolute atomic E-state index is 12.2. The quantitative estimate of drug-likeness (QED) is 0.802. The Morgan fingerprint density at radius 3 is 2.57 bits per heavy atom. The van der Waals surface area contributed by atoms with E-state index in [0.717, 1.165) is 38.8 Å². The van der Waals surface area contributed by atoms with Crippen molar-refractivity contribution in [1.29, 1.82) is 0 Å². The minimum atomic E-state index is -0.152. The molecule has 3 nitrogen and oxygen atoms in total. The highest BCUT2D eigenvalue weighted by molar-refractivity contribution is 9.10. The number of rotatable bonds is 5. The Balaban J connectivity index is 2.07. The highest BCUT2D eigenvalue weighted by Gasteiger charge is 2.12. The fourth-order valence-corrected chi connectivity index (χ4v) is 3.39. The van der Waals surface area contributed by atoms with Gasteiger partial charge >= 0.3 is 0 Å². The van der Waals surface area contributed by atoms with Crippen molar-refractivity contribution in [2.75, 3.05) is 11.9 Å². The summed E-state index contributed by atoms with van der Waals surface area (Å²) in [4.78, 5) is 12.2. The van der Waals surface area contributed by atoms with Crippen molar-refractivity contribution in [1.82, 2.24) is 0 Å². The largest absolute Gasteiger partial charge is 0.482 e. The monoisotopic (exact) mass is 375 g/mol. The summed E-state index contributed by atoms with van der Waals surface area (Å²) >= 11 is 3.49. The molecule has 23 heavy (non-hydrogen) atoms.